The van der Waals surface area contributed by atoms with Gasteiger partial charge in [0, 0.05) is 56.6 Å². The van der Waals surface area contributed by atoms with Gasteiger partial charge in [-0.1, -0.05) is 0 Å². The van der Waals surface area contributed by atoms with Crippen LogP contribution < -0.4 is 24.4 Å². The molecule has 1 aliphatic rings. The van der Waals surface area contributed by atoms with Gasteiger partial charge in [-0.2, -0.15) is 0 Å². The Bertz CT molecular complexity index is 1080. The normalized spacial score (nSPS) is 14.7. The predicted molar refractivity (Wildman–Crippen MR) is 129 cm³/mol. The van der Waals surface area contributed by atoms with Crippen molar-refractivity contribution in [3.8, 4) is 11.5 Å². The van der Waals surface area contributed by atoms with Crippen molar-refractivity contribution in [3.05, 3.63) is 42.0 Å². The highest BCUT2D eigenvalue weighted by molar-refractivity contribution is 7.89. The number of rotatable bonds is 9. The van der Waals surface area contributed by atoms with Crippen LogP contribution in [0.25, 0.3) is 0 Å². The molecule has 180 valence electrons. The number of carbonyl (C=O) groups excluding carboxylic acids is 1. The molecule has 2 aromatic rings. The van der Waals surface area contributed by atoms with E-state index in [4.69, 9.17) is 9.47 Å². The van der Waals surface area contributed by atoms with Crippen molar-refractivity contribution in [1.29, 1.82) is 0 Å². The molecule has 1 heterocycles. The van der Waals surface area contributed by atoms with Crippen molar-refractivity contribution in [3.63, 3.8) is 0 Å². The second kappa shape index (κ2) is 10.9. The number of carbonyl (C=O) groups is 1. The van der Waals surface area contributed by atoms with Crippen molar-refractivity contribution in [2.24, 2.45) is 0 Å². The summed E-state index contributed by atoms with van der Waals surface area (Å²) in [6, 6.07) is 10.2. The molecule has 0 aliphatic carbocycles. The minimum absolute atomic E-state index is 0.00573. The third-order valence-corrected chi connectivity index (χ3v) is 7.09. The highest BCUT2D eigenvalue weighted by atomic mass is 32.2. The van der Waals surface area contributed by atoms with Crippen LogP contribution in [-0.4, -0.2) is 73.2 Å². The second-order valence-electron chi connectivity index (χ2n) is 8.00. The number of sulfonamides is 1. The average Bonchev–Trinajstić information content (AvgIpc) is 2.79. The Kier molecular flexibility index (Phi) is 8.17. The molecule has 0 saturated carbocycles. The molecule has 1 saturated heterocycles. The number of hydrogen-bond acceptors (Lipinski definition) is 7. The summed E-state index contributed by atoms with van der Waals surface area (Å²) in [4.78, 5) is 17.0. The Morgan fingerprint density at radius 1 is 1.00 bits per heavy atom. The van der Waals surface area contributed by atoms with Crippen LogP contribution in [0.5, 0.6) is 11.5 Å². The van der Waals surface area contributed by atoms with E-state index < -0.39 is 10.0 Å². The number of likely N-dealkylation sites (N-methyl/N-ethyl adjacent to an activating group) is 1. The Labute approximate surface area is 195 Å². The van der Waals surface area contributed by atoms with E-state index in [0.717, 1.165) is 31.7 Å². The zero-order valence-electron chi connectivity index (χ0n) is 19.6. The number of amides is 1. The number of benzene rings is 2. The molecule has 1 fully saturated rings. The summed E-state index contributed by atoms with van der Waals surface area (Å²) < 4.78 is 37.8. The zero-order chi connectivity index (χ0) is 24.0. The molecular weight excluding hydrogens is 444 g/mol. The first-order valence-electron chi connectivity index (χ1n) is 10.8. The third-order valence-electron chi connectivity index (χ3n) is 5.63. The van der Waals surface area contributed by atoms with Crippen LogP contribution in [0.2, 0.25) is 0 Å². The summed E-state index contributed by atoms with van der Waals surface area (Å²) in [5.74, 6) is 0.482. The van der Waals surface area contributed by atoms with Crippen molar-refractivity contribution in [2.75, 3.05) is 64.2 Å². The Morgan fingerprint density at radius 2 is 1.70 bits per heavy atom. The lowest BCUT2D eigenvalue weighted by molar-refractivity contribution is -0.116. The lowest BCUT2D eigenvalue weighted by Gasteiger charge is -2.35. The van der Waals surface area contributed by atoms with E-state index in [1.165, 1.54) is 38.1 Å². The van der Waals surface area contributed by atoms with Crippen LogP contribution >= 0.6 is 0 Å². The van der Waals surface area contributed by atoms with Crippen molar-refractivity contribution >= 4 is 27.3 Å². The highest BCUT2D eigenvalue weighted by Crippen LogP contribution is 2.29. The molecule has 0 radical (unpaired) electrons. The van der Waals surface area contributed by atoms with Gasteiger partial charge in [-0.05, 0) is 49.9 Å². The van der Waals surface area contributed by atoms with E-state index in [-0.39, 0.29) is 23.8 Å². The fraction of sp³-hybridized carbons (Fsp3) is 0.435. The first kappa shape index (κ1) is 24.8. The quantitative estimate of drug-likeness (QED) is 0.572. The Morgan fingerprint density at radius 3 is 2.33 bits per heavy atom. The van der Waals surface area contributed by atoms with Gasteiger partial charge in [0.25, 0.3) is 0 Å². The summed E-state index contributed by atoms with van der Waals surface area (Å²) in [5.41, 5.74) is 2.95. The van der Waals surface area contributed by atoms with E-state index in [9.17, 15) is 13.2 Å². The molecule has 0 spiro atoms. The minimum Gasteiger partial charge on any atom is -0.493 e. The number of hydrogen-bond donors (Lipinski definition) is 2. The van der Waals surface area contributed by atoms with E-state index in [2.05, 4.69) is 26.9 Å². The number of piperazine rings is 1. The first-order valence-corrected chi connectivity index (χ1v) is 12.3. The number of nitrogens with zero attached hydrogens (tertiary/aromatic N) is 2. The molecule has 9 nitrogen and oxygen atoms in total. The van der Waals surface area contributed by atoms with Crippen LogP contribution in [0.1, 0.15) is 12.0 Å². The largest absolute Gasteiger partial charge is 0.493 e. The molecule has 2 N–H and O–H groups in total. The molecule has 0 unspecified atom stereocenters. The summed E-state index contributed by atoms with van der Waals surface area (Å²) in [6.45, 7) is 6.00. The molecular formula is C23H32N4O5S. The first-order chi connectivity index (χ1) is 15.7. The van der Waals surface area contributed by atoms with Gasteiger partial charge in [0.05, 0.1) is 19.1 Å². The fourth-order valence-electron chi connectivity index (χ4n) is 3.72. The number of methoxy groups -OCH3 is 2. The van der Waals surface area contributed by atoms with Gasteiger partial charge in [-0.15, -0.1) is 0 Å². The minimum atomic E-state index is -3.79. The number of aryl methyl sites for hydroxylation is 1. The van der Waals surface area contributed by atoms with Gasteiger partial charge in [0.1, 0.15) is 0 Å². The van der Waals surface area contributed by atoms with Gasteiger partial charge < -0.3 is 24.6 Å². The summed E-state index contributed by atoms with van der Waals surface area (Å²) in [6.07, 6.45) is 0.00573. The van der Waals surface area contributed by atoms with E-state index in [1.807, 2.05) is 25.1 Å². The van der Waals surface area contributed by atoms with Gasteiger partial charge >= 0.3 is 0 Å². The SMILES string of the molecule is COc1ccc(S(=O)(=O)NCCC(=O)Nc2ccc(N3CCN(C)CC3)c(C)c2)cc1OC. The number of nitrogens with one attached hydrogen (secondary N) is 2. The fourth-order valence-corrected chi connectivity index (χ4v) is 4.77. The topological polar surface area (TPSA) is 100 Å². The van der Waals surface area contributed by atoms with Crippen LogP contribution in [0.15, 0.2) is 41.3 Å². The van der Waals surface area contributed by atoms with E-state index >= 15 is 0 Å². The van der Waals surface area contributed by atoms with E-state index in [1.54, 1.807) is 0 Å². The molecule has 2 aromatic carbocycles. The van der Waals surface area contributed by atoms with Crippen LogP contribution in [0, 0.1) is 6.92 Å². The zero-order valence-corrected chi connectivity index (χ0v) is 20.4. The number of anilines is 2. The molecule has 0 aromatic heterocycles. The lowest BCUT2D eigenvalue weighted by atomic mass is 10.1. The lowest BCUT2D eigenvalue weighted by Crippen LogP contribution is -2.44. The average molecular weight is 477 g/mol. The van der Waals surface area contributed by atoms with Gasteiger partial charge in [-0.25, -0.2) is 13.1 Å². The third kappa shape index (κ3) is 6.37. The molecule has 0 bridgehead atoms. The van der Waals surface area contributed by atoms with E-state index in [0.29, 0.717) is 17.2 Å². The van der Waals surface area contributed by atoms with Gasteiger partial charge in [0.2, 0.25) is 15.9 Å². The molecule has 33 heavy (non-hydrogen) atoms. The summed E-state index contributed by atoms with van der Waals surface area (Å²) in [7, 11) is 1.24. The monoisotopic (exact) mass is 476 g/mol. The maximum atomic E-state index is 12.5. The van der Waals surface area contributed by atoms with Crippen molar-refractivity contribution in [2.45, 2.75) is 18.2 Å². The molecule has 0 atom stereocenters. The molecule has 1 aliphatic heterocycles. The van der Waals surface area contributed by atoms with Gasteiger partial charge in [0.15, 0.2) is 11.5 Å². The molecule has 3 rings (SSSR count). The molecule has 10 heteroatoms. The standard InChI is InChI=1S/C23H32N4O5S/c1-17-15-18(5-7-20(17)27-13-11-26(2)12-14-27)25-23(28)9-10-24-33(29,30)19-6-8-21(31-3)22(16-19)32-4/h5-8,15-16,24H,9-14H2,1-4H3,(H,25,28). The van der Waals surface area contributed by atoms with Crippen LogP contribution in [-0.2, 0) is 14.8 Å². The highest BCUT2D eigenvalue weighted by Gasteiger charge is 2.18. The number of ether oxygens (including phenoxy) is 2. The van der Waals surface area contributed by atoms with Crippen LogP contribution in [0.3, 0.4) is 0 Å². The summed E-state index contributed by atoms with van der Waals surface area (Å²) in [5, 5.41) is 2.84. The predicted octanol–water partition coefficient (Wildman–Crippen LogP) is 2.07. The van der Waals surface area contributed by atoms with Crippen molar-refractivity contribution in [1.82, 2.24) is 9.62 Å². The summed E-state index contributed by atoms with van der Waals surface area (Å²) >= 11 is 0. The van der Waals surface area contributed by atoms with Gasteiger partial charge in [-0.3, -0.25) is 4.79 Å². The maximum absolute atomic E-state index is 12.5. The van der Waals surface area contributed by atoms with Crippen LogP contribution in [0.4, 0.5) is 11.4 Å². The van der Waals surface area contributed by atoms with Crippen molar-refractivity contribution < 1.29 is 22.7 Å². The Hall–Kier alpha value is -2.82. The smallest absolute Gasteiger partial charge is 0.240 e. The second-order valence-corrected chi connectivity index (χ2v) is 9.77. The maximum Gasteiger partial charge on any atom is 0.240 e. The Balaban J connectivity index is 1.53. The molecule has 1 amide bonds.